The van der Waals surface area contributed by atoms with Crippen molar-refractivity contribution in [2.24, 2.45) is 0 Å². The number of hydrogen-bond acceptors (Lipinski definition) is 5. The van der Waals surface area contributed by atoms with E-state index >= 15 is 0 Å². The molecule has 1 atom stereocenters. The number of hydrogen-bond donors (Lipinski definition) is 2. The summed E-state index contributed by atoms with van der Waals surface area (Å²) in [7, 11) is -0.949. The molecule has 3 aromatic carbocycles. The van der Waals surface area contributed by atoms with Crippen LogP contribution in [0, 0.1) is 13.8 Å². The third-order valence-corrected chi connectivity index (χ3v) is 7.43. The Balaban J connectivity index is 1.85. The molecule has 9 heteroatoms. The number of benzene rings is 3. The minimum Gasteiger partial charge on any atom is -0.493 e. The first kappa shape index (κ1) is 25.4. The molecule has 3 aromatic rings. The van der Waals surface area contributed by atoms with Crippen LogP contribution in [0.5, 0.6) is 11.5 Å². The summed E-state index contributed by atoms with van der Waals surface area (Å²) in [4.78, 5) is 12.7. The maximum Gasteiger partial charge on any atom is 0.263 e. The fourth-order valence-corrected chi connectivity index (χ4v) is 5.05. The molecule has 1 amide bonds. The summed E-state index contributed by atoms with van der Waals surface area (Å²) in [5.41, 5.74) is 3.17. The molecule has 0 aliphatic heterocycles. The van der Waals surface area contributed by atoms with Gasteiger partial charge in [-0.15, -0.1) is 0 Å². The van der Waals surface area contributed by atoms with Crippen molar-refractivity contribution in [1.29, 1.82) is 0 Å². The van der Waals surface area contributed by atoms with Crippen molar-refractivity contribution < 1.29 is 22.7 Å². The van der Waals surface area contributed by atoms with Gasteiger partial charge in [0, 0.05) is 5.56 Å². The molecule has 0 aliphatic rings. The van der Waals surface area contributed by atoms with Gasteiger partial charge in [0.25, 0.3) is 15.9 Å². The average molecular weight is 503 g/mol. The van der Waals surface area contributed by atoms with Crippen molar-refractivity contribution in [2.45, 2.75) is 31.7 Å². The number of anilines is 1. The van der Waals surface area contributed by atoms with E-state index in [-0.39, 0.29) is 21.5 Å². The Hall–Kier alpha value is -3.23. The van der Waals surface area contributed by atoms with Crippen LogP contribution in [-0.4, -0.2) is 28.5 Å². The number of rotatable bonds is 8. The summed E-state index contributed by atoms with van der Waals surface area (Å²) in [5, 5.41) is 2.89. The molecule has 0 fully saturated rings. The molecule has 0 bridgehead atoms. The Morgan fingerprint density at radius 2 is 1.68 bits per heavy atom. The Morgan fingerprint density at radius 3 is 2.35 bits per heavy atom. The third kappa shape index (κ3) is 5.46. The lowest BCUT2D eigenvalue weighted by atomic mass is 10.1. The summed E-state index contributed by atoms with van der Waals surface area (Å²) in [6, 6.07) is 14.4. The van der Waals surface area contributed by atoms with Crippen molar-refractivity contribution in [1.82, 2.24) is 5.32 Å². The molecule has 0 aliphatic carbocycles. The van der Waals surface area contributed by atoms with Crippen LogP contribution in [0.3, 0.4) is 0 Å². The molecule has 0 saturated carbocycles. The molecule has 3 rings (SSSR count). The van der Waals surface area contributed by atoms with Crippen molar-refractivity contribution >= 4 is 33.2 Å². The van der Waals surface area contributed by atoms with E-state index in [1.807, 2.05) is 32.9 Å². The van der Waals surface area contributed by atoms with E-state index in [2.05, 4.69) is 10.0 Å². The van der Waals surface area contributed by atoms with Crippen molar-refractivity contribution in [3.05, 3.63) is 81.9 Å². The Kier molecular flexibility index (Phi) is 7.74. The number of carbonyl (C=O) groups excluding carboxylic acids is 1. The van der Waals surface area contributed by atoms with E-state index in [4.69, 9.17) is 21.1 Å². The van der Waals surface area contributed by atoms with Crippen LogP contribution < -0.4 is 19.5 Å². The summed E-state index contributed by atoms with van der Waals surface area (Å²) >= 11 is 6.21. The average Bonchev–Trinajstić information content (AvgIpc) is 2.81. The SMILES string of the molecule is COc1ccc([C@H](C)NC(=O)c2ccc(Cl)c(S(=O)(=O)Nc3cccc(C)c3C)c2)cc1OC. The third-order valence-electron chi connectivity index (χ3n) is 5.59. The van der Waals surface area contributed by atoms with Crippen LogP contribution in [0.2, 0.25) is 5.02 Å². The highest BCUT2D eigenvalue weighted by molar-refractivity contribution is 7.92. The molecule has 0 saturated heterocycles. The quantitative estimate of drug-likeness (QED) is 0.438. The van der Waals surface area contributed by atoms with E-state index in [0.29, 0.717) is 17.2 Å². The van der Waals surface area contributed by atoms with E-state index in [9.17, 15) is 13.2 Å². The second kappa shape index (κ2) is 10.4. The highest BCUT2D eigenvalue weighted by Gasteiger charge is 2.22. The van der Waals surface area contributed by atoms with Crippen LogP contribution >= 0.6 is 11.6 Å². The summed E-state index contributed by atoms with van der Waals surface area (Å²) in [5.74, 6) is 0.675. The number of amides is 1. The number of methoxy groups -OCH3 is 2. The fraction of sp³-hybridized carbons (Fsp3) is 0.240. The van der Waals surface area contributed by atoms with Gasteiger partial charge < -0.3 is 14.8 Å². The second-order valence-electron chi connectivity index (χ2n) is 7.81. The Labute approximate surface area is 205 Å². The molecule has 0 aromatic heterocycles. The van der Waals surface area contributed by atoms with E-state index in [1.54, 1.807) is 31.4 Å². The van der Waals surface area contributed by atoms with Gasteiger partial charge in [-0.05, 0) is 73.9 Å². The summed E-state index contributed by atoms with van der Waals surface area (Å²) < 4.78 is 39.3. The minimum absolute atomic E-state index is 0.0160. The predicted molar refractivity (Wildman–Crippen MR) is 134 cm³/mol. The van der Waals surface area contributed by atoms with Gasteiger partial charge >= 0.3 is 0 Å². The number of nitrogens with one attached hydrogen (secondary N) is 2. The van der Waals surface area contributed by atoms with Gasteiger partial charge in [0.1, 0.15) is 4.90 Å². The van der Waals surface area contributed by atoms with Crippen molar-refractivity contribution in [3.8, 4) is 11.5 Å². The maximum atomic E-state index is 13.1. The first-order valence-corrected chi connectivity index (χ1v) is 12.3. The predicted octanol–water partition coefficient (Wildman–Crippen LogP) is 5.27. The number of aryl methyl sites for hydroxylation is 1. The van der Waals surface area contributed by atoms with E-state index in [0.717, 1.165) is 16.7 Å². The zero-order chi connectivity index (χ0) is 25.0. The van der Waals surface area contributed by atoms with Crippen LogP contribution in [0.4, 0.5) is 5.69 Å². The van der Waals surface area contributed by atoms with Crippen molar-refractivity contribution in [2.75, 3.05) is 18.9 Å². The molecule has 0 spiro atoms. The lowest BCUT2D eigenvalue weighted by molar-refractivity contribution is 0.0939. The molecular weight excluding hydrogens is 476 g/mol. The topological polar surface area (TPSA) is 93.7 Å². The molecule has 0 heterocycles. The highest BCUT2D eigenvalue weighted by atomic mass is 35.5. The van der Waals surface area contributed by atoms with Crippen LogP contribution in [0.15, 0.2) is 59.5 Å². The first-order chi connectivity index (χ1) is 16.1. The standard InChI is InChI=1S/C25H27ClN2O5S/c1-15-7-6-8-21(16(15)2)28-34(30,31)24-14-19(9-11-20(24)26)25(29)27-17(3)18-10-12-22(32-4)23(13-18)33-5/h6-14,17,28H,1-5H3,(H,27,29)/t17-/m0/s1. The monoisotopic (exact) mass is 502 g/mol. The van der Waals surface area contributed by atoms with Gasteiger partial charge in [-0.1, -0.05) is 29.8 Å². The summed E-state index contributed by atoms with van der Waals surface area (Å²) in [6.07, 6.45) is 0. The zero-order valence-electron chi connectivity index (χ0n) is 19.6. The fourth-order valence-electron chi connectivity index (χ4n) is 3.40. The number of sulfonamides is 1. The molecule has 180 valence electrons. The van der Waals surface area contributed by atoms with Gasteiger partial charge in [-0.3, -0.25) is 9.52 Å². The van der Waals surface area contributed by atoms with E-state index in [1.165, 1.54) is 25.3 Å². The van der Waals surface area contributed by atoms with Crippen LogP contribution in [0.25, 0.3) is 0 Å². The largest absolute Gasteiger partial charge is 0.493 e. The van der Waals surface area contributed by atoms with Gasteiger partial charge in [-0.25, -0.2) is 8.42 Å². The second-order valence-corrected chi connectivity index (χ2v) is 9.87. The number of ether oxygens (including phenoxy) is 2. The minimum atomic E-state index is -4.03. The van der Waals surface area contributed by atoms with Gasteiger partial charge in [0.05, 0.1) is 31.0 Å². The molecule has 34 heavy (non-hydrogen) atoms. The molecule has 7 nitrogen and oxygen atoms in total. The van der Waals surface area contributed by atoms with Gasteiger partial charge in [0.15, 0.2) is 11.5 Å². The molecular formula is C25H27ClN2O5S. The number of halogens is 1. The molecule has 2 N–H and O–H groups in total. The zero-order valence-corrected chi connectivity index (χ0v) is 21.2. The van der Waals surface area contributed by atoms with Crippen LogP contribution in [0.1, 0.15) is 40.0 Å². The Morgan fingerprint density at radius 1 is 0.971 bits per heavy atom. The van der Waals surface area contributed by atoms with Gasteiger partial charge in [0.2, 0.25) is 0 Å². The Bertz CT molecular complexity index is 1320. The van der Waals surface area contributed by atoms with Gasteiger partial charge in [-0.2, -0.15) is 0 Å². The molecule has 0 unspecified atom stereocenters. The highest BCUT2D eigenvalue weighted by Crippen LogP contribution is 2.31. The lowest BCUT2D eigenvalue weighted by Gasteiger charge is -2.17. The lowest BCUT2D eigenvalue weighted by Crippen LogP contribution is -2.27. The number of carbonyl (C=O) groups is 1. The summed E-state index contributed by atoms with van der Waals surface area (Å²) in [6.45, 7) is 5.54. The maximum absolute atomic E-state index is 13.1. The van der Waals surface area contributed by atoms with Crippen molar-refractivity contribution in [3.63, 3.8) is 0 Å². The van der Waals surface area contributed by atoms with E-state index < -0.39 is 15.9 Å². The smallest absolute Gasteiger partial charge is 0.263 e. The van der Waals surface area contributed by atoms with Crippen LogP contribution in [-0.2, 0) is 10.0 Å². The normalized spacial score (nSPS) is 12.1. The molecule has 0 radical (unpaired) electrons. The first-order valence-electron chi connectivity index (χ1n) is 10.5.